The summed E-state index contributed by atoms with van der Waals surface area (Å²) >= 11 is 2.87. The van der Waals surface area contributed by atoms with E-state index in [2.05, 4.69) is 25.7 Å². The summed E-state index contributed by atoms with van der Waals surface area (Å²) in [5.41, 5.74) is 1.57. The summed E-state index contributed by atoms with van der Waals surface area (Å²) in [5.74, 6) is 1.43. The molecule has 1 N–H and O–H groups in total. The van der Waals surface area contributed by atoms with Gasteiger partial charge in [0.05, 0.1) is 12.4 Å². The molecule has 0 aliphatic heterocycles. The quantitative estimate of drug-likeness (QED) is 0.394. The van der Waals surface area contributed by atoms with Crippen LogP contribution in [0.2, 0.25) is 0 Å². The van der Waals surface area contributed by atoms with Crippen molar-refractivity contribution in [3.8, 4) is 17.2 Å². The van der Waals surface area contributed by atoms with Gasteiger partial charge in [0, 0.05) is 11.3 Å². The highest BCUT2D eigenvalue weighted by Gasteiger charge is 2.18. The molecular weight excluding hydrogens is 413 g/mol. The van der Waals surface area contributed by atoms with E-state index in [0.717, 1.165) is 21.3 Å². The van der Waals surface area contributed by atoms with E-state index in [4.69, 9.17) is 9.15 Å². The Morgan fingerprint density at radius 1 is 1.03 bits per heavy atom. The van der Waals surface area contributed by atoms with Crippen LogP contribution in [-0.2, 0) is 0 Å². The SMILES string of the molecule is COc1ccc(-c2nnc(C(C)Sc3nnc(Nc4ccc(F)cc4)s3)o2)cc1. The molecule has 4 aromatic rings. The number of thioether (sulfide) groups is 1. The van der Waals surface area contributed by atoms with Crippen LogP contribution >= 0.6 is 23.1 Å². The molecule has 2 aromatic carbocycles. The van der Waals surface area contributed by atoms with Crippen LogP contribution < -0.4 is 10.1 Å². The van der Waals surface area contributed by atoms with Gasteiger partial charge < -0.3 is 14.5 Å². The average Bonchev–Trinajstić information content (AvgIpc) is 3.40. The molecule has 0 amide bonds. The molecule has 2 heterocycles. The smallest absolute Gasteiger partial charge is 0.247 e. The normalized spacial score (nSPS) is 12.0. The minimum atomic E-state index is -0.286. The molecule has 1 unspecified atom stereocenters. The number of benzene rings is 2. The van der Waals surface area contributed by atoms with Gasteiger partial charge >= 0.3 is 0 Å². The highest BCUT2D eigenvalue weighted by molar-refractivity contribution is 8.01. The number of halogens is 1. The lowest BCUT2D eigenvalue weighted by atomic mass is 10.2. The summed E-state index contributed by atoms with van der Waals surface area (Å²) in [6.07, 6.45) is 0. The lowest BCUT2D eigenvalue weighted by Gasteiger charge is -2.03. The van der Waals surface area contributed by atoms with E-state index in [9.17, 15) is 4.39 Å². The van der Waals surface area contributed by atoms with Crippen molar-refractivity contribution < 1.29 is 13.5 Å². The summed E-state index contributed by atoms with van der Waals surface area (Å²) in [7, 11) is 1.62. The lowest BCUT2D eigenvalue weighted by molar-refractivity contribution is 0.415. The van der Waals surface area contributed by atoms with E-state index in [1.165, 1.54) is 35.2 Å². The van der Waals surface area contributed by atoms with Crippen molar-refractivity contribution in [1.29, 1.82) is 0 Å². The van der Waals surface area contributed by atoms with Crippen LogP contribution in [0.15, 0.2) is 57.3 Å². The largest absolute Gasteiger partial charge is 0.497 e. The molecule has 0 aliphatic rings. The van der Waals surface area contributed by atoms with E-state index >= 15 is 0 Å². The van der Waals surface area contributed by atoms with Crippen molar-refractivity contribution in [1.82, 2.24) is 20.4 Å². The zero-order chi connectivity index (χ0) is 20.2. The molecule has 2 aromatic heterocycles. The molecule has 29 heavy (non-hydrogen) atoms. The Kier molecular flexibility index (Phi) is 5.72. The summed E-state index contributed by atoms with van der Waals surface area (Å²) in [5, 5.41) is 20.2. The van der Waals surface area contributed by atoms with Crippen LogP contribution in [0, 0.1) is 5.82 Å². The van der Waals surface area contributed by atoms with Crippen molar-refractivity contribution in [2.24, 2.45) is 0 Å². The predicted octanol–water partition coefficient (Wildman–Crippen LogP) is 5.33. The zero-order valence-electron chi connectivity index (χ0n) is 15.5. The lowest BCUT2D eigenvalue weighted by Crippen LogP contribution is -1.89. The highest BCUT2D eigenvalue weighted by atomic mass is 32.2. The van der Waals surface area contributed by atoms with Crippen molar-refractivity contribution in [2.45, 2.75) is 16.5 Å². The number of nitrogens with zero attached hydrogens (tertiary/aromatic N) is 4. The van der Waals surface area contributed by atoms with Crippen LogP contribution in [-0.4, -0.2) is 27.5 Å². The van der Waals surface area contributed by atoms with E-state index in [0.29, 0.717) is 16.9 Å². The van der Waals surface area contributed by atoms with Gasteiger partial charge in [-0.1, -0.05) is 23.1 Å². The second kappa shape index (κ2) is 8.58. The van der Waals surface area contributed by atoms with E-state index in [1.807, 2.05) is 31.2 Å². The van der Waals surface area contributed by atoms with Crippen molar-refractivity contribution in [2.75, 3.05) is 12.4 Å². The molecule has 1 atom stereocenters. The third-order valence-electron chi connectivity index (χ3n) is 3.90. The Bertz CT molecular complexity index is 1080. The molecule has 0 aliphatic carbocycles. The molecular formula is C19H16FN5O2S2. The predicted molar refractivity (Wildman–Crippen MR) is 110 cm³/mol. The Hall–Kier alpha value is -2.98. The van der Waals surface area contributed by atoms with Crippen molar-refractivity contribution >= 4 is 33.9 Å². The molecule has 0 saturated heterocycles. The number of ether oxygens (including phenoxy) is 1. The monoisotopic (exact) mass is 429 g/mol. The summed E-state index contributed by atoms with van der Waals surface area (Å²) in [6.45, 7) is 1.96. The number of anilines is 2. The third-order valence-corrected chi connectivity index (χ3v) is 5.92. The summed E-state index contributed by atoms with van der Waals surface area (Å²) in [6, 6.07) is 13.5. The van der Waals surface area contributed by atoms with Gasteiger partial charge in [0.25, 0.3) is 0 Å². The van der Waals surface area contributed by atoms with Gasteiger partial charge in [-0.15, -0.1) is 20.4 Å². The Labute approximate surface area is 174 Å². The maximum Gasteiger partial charge on any atom is 0.247 e. The number of methoxy groups -OCH3 is 1. The highest BCUT2D eigenvalue weighted by Crippen LogP contribution is 2.38. The fourth-order valence-electron chi connectivity index (χ4n) is 2.42. The molecule has 0 fully saturated rings. The number of rotatable bonds is 7. The van der Waals surface area contributed by atoms with Crippen LogP contribution in [0.3, 0.4) is 0 Å². The van der Waals surface area contributed by atoms with Gasteiger partial charge in [-0.3, -0.25) is 0 Å². The molecule has 0 radical (unpaired) electrons. The molecule has 10 heteroatoms. The van der Waals surface area contributed by atoms with Crippen LogP contribution in [0.4, 0.5) is 15.2 Å². The molecule has 0 bridgehead atoms. The molecule has 4 rings (SSSR count). The fraction of sp³-hybridized carbons (Fsp3) is 0.158. The average molecular weight is 430 g/mol. The number of nitrogens with one attached hydrogen (secondary N) is 1. The van der Waals surface area contributed by atoms with Gasteiger partial charge in [-0.2, -0.15) is 0 Å². The summed E-state index contributed by atoms with van der Waals surface area (Å²) in [4.78, 5) is 0. The second-order valence-electron chi connectivity index (χ2n) is 5.94. The summed E-state index contributed by atoms with van der Waals surface area (Å²) < 4.78 is 24.7. The van der Waals surface area contributed by atoms with Crippen LogP contribution in [0.5, 0.6) is 5.75 Å². The number of aromatic nitrogens is 4. The van der Waals surface area contributed by atoms with Gasteiger partial charge in [-0.05, 0) is 55.5 Å². The Balaban J connectivity index is 1.40. The van der Waals surface area contributed by atoms with Gasteiger partial charge in [0.2, 0.25) is 16.9 Å². The third kappa shape index (κ3) is 4.72. The first-order chi connectivity index (χ1) is 14.1. The van der Waals surface area contributed by atoms with E-state index < -0.39 is 0 Å². The van der Waals surface area contributed by atoms with E-state index in [1.54, 1.807) is 19.2 Å². The fourth-order valence-corrected chi connectivity index (χ4v) is 4.36. The zero-order valence-corrected chi connectivity index (χ0v) is 17.1. The van der Waals surface area contributed by atoms with Crippen molar-refractivity contribution in [3.63, 3.8) is 0 Å². The molecule has 148 valence electrons. The first kappa shape index (κ1) is 19.3. The second-order valence-corrected chi connectivity index (χ2v) is 8.50. The number of hydrogen-bond donors (Lipinski definition) is 1. The first-order valence-corrected chi connectivity index (χ1v) is 10.3. The van der Waals surface area contributed by atoms with Crippen LogP contribution in [0.1, 0.15) is 18.1 Å². The Morgan fingerprint density at radius 2 is 1.79 bits per heavy atom. The minimum Gasteiger partial charge on any atom is -0.497 e. The minimum absolute atomic E-state index is 0.0962. The van der Waals surface area contributed by atoms with Crippen molar-refractivity contribution in [3.05, 3.63) is 60.2 Å². The van der Waals surface area contributed by atoms with Gasteiger partial charge in [-0.25, -0.2) is 4.39 Å². The number of hydrogen-bond acceptors (Lipinski definition) is 9. The van der Waals surface area contributed by atoms with Crippen LogP contribution in [0.25, 0.3) is 11.5 Å². The van der Waals surface area contributed by atoms with Gasteiger partial charge in [0.15, 0.2) is 4.34 Å². The molecule has 7 nitrogen and oxygen atoms in total. The first-order valence-electron chi connectivity index (χ1n) is 8.61. The Morgan fingerprint density at radius 3 is 2.52 bits per heavy atom. The topological polar surface area (TPSA) is 86.0 Å². The maximum atomic E-state index is 13.0. The maximum absolute atomic E-state index is 13.0. The molecule has 0 saturated carbocycles. The standard InChI is InChI=1S/C19H16FN5O2S2/c1-11(16-22-23-17(27-16)12-3-9-15(26-2)10-4-12)28-19-25-24-18(29-19)21-14-7-5-13(20)6-8-14/h3-11H,1-2H3,(H,21,24). The van der Waals surface area contributed by atoms with E-state index in [-0.39, 0.29) is 11.1 Å². The van der Waals surface area contributed by atoms with Gasteiger partial charge in [0.1, 0.15) is 11.6 Å². The molecule has 0 spiro atoms.